The fraction of sp³-hybridized carbons (Fsp3) is 0.875. The largest absolute Gasteiger partial charge is 0.357 e. The van der Waals surface area contributed by atoms with E-state index in [2.05, 4.69) is 29.1 Å². The molecule has 1 unspecified atom stereocenters. The Bertz CT molecular complexity index is 363. The lowest BCUT2D eigenvalue weighted by atomic mass is 10.00. The lowest BCUT2D eigenvalue weighted by molar-refractivity contribution is -0.132. The van der Waals surface area contributed by atoms with E-state index in [1.165, 1.54) is 19.3 Å². The monoisotopic (exact) mass is 294 g/mol. The van der Waals surface area contributed by atoms with Crippen LogP contribution in [0.3, 0.4) is 0 Å². The van der Waals surface area contributed by atoms with Crippen molar-refractivity contribution in [2.75, 3.05) is 39.3 Å². The number of carbonyl (C=O) groups is 1. The highest BCUT2D eigenvalue weighted by Gasteiger charge is 2.20. The minimum Gasteiger partial charge on any atom is -0.357 e. The standard InChI is InChI=1S/C16H30N4O/c1-3-17-16(19-10-4-5-11-19)18-9-8-15(21)20-12-6-7-14(2)13-20/h14H,3-13H2,1-2H3,(H,17,18). The van der Waals surface area contributed by atoms with Crippen molar-refractivity contribution in [3.63, 3.8) is 0 Å². The number of amides is 1. The van der Waals surface area contributed by atoms with Crippen LogP contribution in [0.15, 0.2) is 4.99 Å². The van der Waals surface area contributed by atoms with Crippen molar-refractivity contribution in [2.45, 2.75) is 46.0 Å². The van der Waals surface area contributed by atoms with Crippen LogP contribution in [-0.2, 0) is 4.79 Å². The number of guanidine groups is 1. The van der Waals surface area contributed by atoms with Gasteiger partial charge >= 0.3 is 0 Å². The summed E-state index contributed by atoms with van der Waals surface area (Å²) in [4.78, 5) is 21.2. The molecular formula is C16H30N4O. The average molecular weight is 294 g/mol. The normalized spacial score (nSPS) is 23.5. The van der Waals surface area contributed by atoms with E-state index in [1.807, 2.05) is 4.90 Å². The van der Waals surface area contributed by atoms with Crippen LogP contribution in [0, 0.1) is 5.92 Å². The van der Waals surface area contributed by atoms with Gasteiger partial charge in [-0.05, 0) is 38.5 Å². The fourth-order valence-corrected chi connectivity index (χ4v) is 3.19. The minimum atomic E-state index is 0.266. The Labute approximate surface area is 128 Å². The third-order valence-electron chi connectivity index (χ3n) is 4.34. The topological polar surface area (TPSA) is 47.9 Å². The molecule has 0 aliphatic carbocycles. The molecule has 1 N–H and O–H groups in total. The first kappa shape index (κ1) is 16.1. The second kappa shape index (κ2) is 8.25. The van der Waals surface area contributed by atoms with E-state index in [1.54, 1.807) is 0 Å². The van der Waals surface area contributed by atoms with Gasteiger partial charge in [-0.25, -0.2) is 0 Å². The highest BCUT2D eigenvalue weighted by Crippen LogP contribution is 2.16. The maximum Gasteiger partial charge on any atom is 0.224 e. The molecule has 120 valence electrons. The molecule has 0 saturated carbocycles. The van der Waals surface area contributed by atoms with E-state index in [4.69, 9.17) is 0 Å². The second-order valence-corrected chi connectivity index (χ2v) is 6.27. The molecule has 2 fully saturated rings. The summed E-state index contributed by atoms with van der Waals surface area (Å²) in [5, 5.41) is 3.34. The number of piperidine rings is 1. The Hall–Kier alpha value is -1.26. The van der Waals surface area contributed by atoms with Crippen molar-refractivity contribution in [1.29, 1.82) is 0 Å². The number of nitrogens with zero attached hydrogens (tertiary/aromatic N) is 3. The summed E-state index contributed by atoms with van der Waals surface area (Å²) in [6, 6.07) is 0. The molecule has 2 rings (SSSR count). The Morgan fingerprint density at radius 1 is 1.19 bits per heavy atom. The number of likely N-dealkylation sites (tertiary alicyclic amines) is 2. The molecule has 5 heteroatoms. The molecule has 2 aliphatic rings. The first-order valence-electron chi connectivity index (χ1n) is 8.51. The molecule has 0 bridgehead atoms. The summed E-state index contributed by atoms with van der Waals surface area (Å²) >= 11 is 0. The highest BCUT2D eigenvalue weighted by molar-refractivity contribution is 5.81. The lowest BCUT2D eigenvalue weighted by Crippen LogP contribution is -2.41. The fourth-order valence-electron chi connectivity index (χ4n) is 3.19. The molecule has 1 atom stereocenters. The van der Waals surface area contributed by atoms with Gasteiger partial charge in [0.2, 0.25) is 5.91 Å². The van der Waals surface area contributed by atoms with Gasteiger partial charge in [-0.2, -0.15) is 0 Å². The minimum absolute atomic E-state index is 0.266. The summed E-state index contributed by atoms with van der Waals surface area (Å²) in [7, 11) is 0. The average Bonchev–Trinajstić information content (AvgIpc) is 3.00. The number of aliphatic imine (C=N–C) groups is 1. The van der Waals surface area contributed by atoms with Crippen LogP contribution < -0.4 is 5.32 Å². The van der Waals surface area contributed by atoms with E-state index in [0.29, 0.717) is 18.9 Å². The predicted molar refractivity (Wildman–Crippen MR) is 86.4 cm³/mol. The van der Waals surface area contributed by atoms with Gasteiger partial charge in [0.15, 0.2) is 5.96 Å². The Morgan fingerprint density at radius 2 is 1.90 bits per heavy atom. The number of rotatable bonds is 4. The highest BCUT2D eigenvalue weighted by atomic mass is 16.2. The Kier molecular flexibility index (Phi) is 6.33. The molecule has 5 nitrogen and oxygen atoms in total. The van der Waals surface area contributed by atoms with Gasteiger partial charge in [0, 0.05) is 39.1 Å². The maximum absolute atomic E-state index is 12.2. The smallest absolute Gasteiger partial charge is 0.224 e. The van der Waals surface area contributed by atoms with Crippen LogP contribution in [-0.4, -0.2) is 60.9 Å². The molecule has 2 aliphatic heterocycles. The number of nitrogens with one attached hydrogen (secondary N) is 1. The lowest BCUT2D eigenvalue weighted by Gasteiger charge is -2.31. The molecule has 0 aromatic heterocycles. The van der Waals surface area contributed by atoms with Gasteiger partial charge in [0.1, 0.15) is 0 Å². The van der Waals surface area contributed by atoms with Gasteiger partial charge in [0.25, 0.3) is 0 Å². The molecule has 21 heavy (non-hydrogen) atoms. The molecule has 0 spiro atoms. The zero-order valence-electron chi connectivity index (χ0n) is 13.6. The van der Waals surface area contributed by atoms with E-state index < -0.39 is 0 Å². The summed E-state index contributed by atoms with van der Waals surface area (Å²) in [5.74, 6) is 1.89. The number of hydrogen-bond donors (Lipinski definition) is 1. The van der Waals surface area contributed by atoms with Gasteiger partial charge in [0.05, 0.1) is 6.54 Å². The summed E-state index contributed by atoms with van der Waals surface area (Å²) in [6.07, 6.45) is 5.42. The predicted octanol–water partition coefficient (Wildman–Crippen LogP) is 1.70. The van der Waals surface area contributed by atoms with Gasteiger partial charge in [-0.1, -0.05) is 6.92 Å². The van der Waals surface area contributed by atoms with E-state index in [9.17, 15) is 4.79 Å². The van der Waals surface area contributed by atoms with Crippen molar-refractivity contribution >= 4 is 11.9 Å². The zero-order valence-corrected chi connectivity index (χ0v) is 13.6. The first-order valence-corrected chi connectivity index (χ1v) is 8.51. The quantitative estimate of drug-likeness (QED) is 0.634. The van der Waals surface area contributed by atoms with Crippen molar-refractivity contribution in [3.8, 4) is 0 Å². The third kappa shape index (κ3) is 4.90. The Morgan fingerprint density at radius 3 is 2.57 bits per heavy atom. The summed E-state index contributed by atoms with van der Waals surface area (Å²) < 4.78 is 0. The van der Waals surface area contributed by atoms with E-state index in [0.717, 1.165) is 45.1 Å². The van der Waals surface area contributed by atoms with Crippen LogP contribution in [0.5, 0.6) is 0 Å². The Balaban J connectivity index is 1.79. The van der Waals surface area contributed by atoms with Crippen LogP contribution in [0.1, 0.15) is 46.0 Å². The van der Waals surface area contributed by atoms with Gasteiger partial charge in [-0.3, -0.25) is 9.79 Å². The molecule has 0 aromatic carbocycles. The number of carbonyl (C=O) groups excluding carboxylic acids is 1. The molecule has 0 radical (unpaired) electrons. The third-order valence-corrected chi connectivity index (χ3v) is 4.34. The maximum atomic E-state index is 12.2. The van der Waals surface area contributed by atoms with Crippen molar-refractivity contribution in [3.05, 3.63) is 0 Å². The van der Waals surface area contributed by atoms with Crippen LogP contribution >= 0.6 is 0 Å². The SMILES string of the molecule is CCNC(=NCCC(=O)N1CCCC(C)C1)N1CCCC1. The van der Waals surface area contributed by atoms with Gasteiger partial charge < -0.3 is 15.1 Å². The second-order valence-electron chi connectivity index (χ2n) is 6.27. The molecular weight excluding hydrogens is 264 g/mol. The van der Waals surface area contributed by atoms with Crippen LogP contribution in [0.2, 0.25) is 0 Å². The van der Waals surface area contributed by atoms with Crippen molar-refractivity contribution in [2.24, 2.45) is 10.9 Å². The van der Waals surface area contributed by atoms with Crippen LogP contribution in [0.4, 0.5) is 0 Å². The van der Waals surface area contributed by atoms with Crippen LogP contribution in [0.25, 0.3) is 0 Å². The summed E-state index contributed by atoms with van der Waals surface area (Å²) in [5.41, 5.74) is 0. The first-order chi connectivity index (χ1) is 10.2. The molecule has 2 heterocycles. The van der Waals surface area contributed by atoms with E-state index in [-0.39, 0.29) is 5.91 Å². The molecule has 2 saturated heterocycles. The van der Waals surface area contributed by atoms with E-state index >= 15 is 0 Å². The van der Waals surface area contributed by atoms with Gasteiger partial charge in [-0.15, -0.1) is 0 Å². The van der Waals surface area contributed by atoms with Crippen molar-refractivity contribution in [1.82, 2.24) is 15.1 Å². The number of hydrogen-bond acceptors (Lipinski definition) is 2. The molecule has 0 aromatic rings. The summed E-state index contributed by atoms with van der Waals surface area (Å²) in [6.45, 7) is 9.83. The zero-order chi connectivity index (χ0) is 15.1. The van der Waals surface area contributed by atoms with Crippen molar-refractivity contribution < 1.29 is 4.79 Å². The molecule has 1 amide bonds.